The number of allylic oxidation sites excluding steroid dienone is 1. The van der Waals surface area contributed by atoms with Crippen LogP contribution in [0.5, 0.6) is 0 Å². The molecule has 0 spiro atoms. The number of carbonyl (C=O) groups is 1. The van der Waals surface area contributed by atoms with Crippen LogP contribution in [-0.2, 0) is 4.79 Å². The fraction of sp³-hybridized carbons (Fsp3) is 0.0667. The van der Waals surface area contributed by atoms with Gasteiger partial charge in [-0.15, -0.1) is 0 Å². The second-order valence-electron chi connectivity index (χ2n) is 4.27. The van der Waals surface area contributed by atoms with E-state index in [1.807, 2.05) is 0 Å². The van der Waals surface area contributed by atoms with Gasteiger partial charge in [0.05, 0.1) is 5.70 Å². The van der Waals surface area contributed by atoms with E-state index in [1.54, 1.807) is 12.1 Å². The maximum absolute atomic E-state index is 12.9. The van der Waals surface area contributed by atoms with Gasteiger partial charge in [0.25, 0.3) is 5.78 Å². The third-order valence-electron chi connectivity index (χ3n) is 2.64. The molecule has 0 bridgehead atoms. The van der Waals surface area contributed by atoms with Gasteiger partial charge < -0.3 is 5.32 Å². The number of halogens is 4. The molecule has 114 valence electrons. The summed E-state index contributed by atoms with van der Waals surface area (Å²) in [5.41, 5.74) is 0.102. The van der Waals surface area contributed by atoms with Gasteiger partial charge in [0.2, 0.25) is 0 Å². The molecule has 0 radical (unpaired) electrons. The van der Waals surface area contributed by atoms with Crippen molar-refractivity contribution in [3.05, 3.63) is 66.1 Å². The molecular weight excluding hydrogens is 300 g/mol. The number of pyridine rings is 1. The lowest BCUT2D eigenvalue weighted by atomic mass is 10.1. The average Bonchev–Trinajstić information content (AvgIpc) is 2.47. The zero-order chi connectivity index (χ0) is 16.2. The highest BCUT2D eigenvalue weighted by Gasteiger charge is 2.36. The van der Waals surface area contributed by atoms with Crippen LogP contribution in [0.3, 0.4) is 0 Å². The molecular formula is C15H10F4N2O. The van der Waals surface area contributed by atoms with Gasteiger partial charge in [0.1, 0.15) is 11.6 Å². The Kier molecular flexibility index (Phi) is 4.55. The van der Waals surface area contributed by atoms with Gasteiger partial charge in [-0.2, -0.15) is 13.2 Å². The minimum absolute atomic E-state index is 0.124. The van der Waals surface area contributed by atoms with E-state index in [-0.39, 0.29) is 17.1 Å². The number of carbonyl (C=O) groups excluding carboxylic acids is 1. The van der Waals surface area contributed by atoms with E-state index >= 15 is 0 Å². The molecule has 7 heteroatoms. The van der Waals surface area contributed by atoms with Gasteiger partial charge in [0.15, 0.2) is 0 Å². The number of hydrogen-bond donors (Lipinski definition) is 1. The first-order valence-corrected chi connectivity index (χ1v) is 6.13. The van der Waals surface area contributed by atoms with Crippen LogP contribution >= 0.6 is 0 Å². The molecule has 0 aliphatic rings. The van der Waals surface area contributed by atoms with Crippen LogP contribution in [0, 0.1) is 5.82 Å². The van der Waals surface area contributed by atoms with Crippen LogP contribution in [0.4, 0.5) is 23.4 Å². The predicted octanol–water partition coefficient (Wildman–Crippen LogP) is 3.81. The molecule has 0 saturated carbocycles. The highest BCUT2D eigenvalue weighted by molar-refractivity contribution is 6.01. The number of benzene rings is 1. The first kappa shape index (κ1) is 15.7. The largest absolute Gasteiger partial charge is 0.454 e. The summed E-state index contributed by atoms with van der Waals surface area (Å²) < 4.78 is 50.2. The van der Waals surface area contributed by atoms with E-state index in [4.69, 9.17) is 0 Å². The monoisotopic (exact) mass is 310 g/mol. The molecule has 1 aromatic heterocycles. The summed E-state index contributed by atoms with van der Waals surface area (Å²) in [6, 6.07) is 9.48. The number of rotatable bonds is 4. The van der Waals surface area contributed by atoms with Crippen LogP contribution < -0.4 is 5.32 Å². The lowest BCUT2D eigenvalue weighted by Crippen LogP contribution is -2.21. The lowest BCUT2D eigenvalue weighted by molar-refractivity contribution is -0.165. The van der Waals surface area contributed by atoms with Gasteiger partial charge in [-0.1, -0.05) is 6.07 Å². The third kappa shape index (κ3) is 4.15. The lowest BCUT2D eigenvalue weighted by Gasteiger charge is -2.11. The molecule has 0 aliphatic carbocycles. The number of alkyl halides is 3. The molecule has 2 aromatic rings. The minimum atomic E-state index is -4.99. The third-order valence-corrected chi connectivity index (χ3v) is 2.64. The van der Waals surface area contributed by atoms with Crippen LogP contribution in [0.15, 0.2) is 54.7 Å². The molecule has 0 unspecified atom stereocenters. The summed E-state index contributed by atoms with van der Waals surface area (Å²) in [5.74, 6) is -2.30. The number of nitrogens with one attached hydrogen (secondary N) is 1. The topological polar surface area (TPSA) is 42.0 Å². The Hall–Kier alpha value is -2.70. The van der Waals surface area contributed by atoms with E-state index in [0.717, 1.165) is 12.1 Å². The van der Waals surface area contributed by atoms with E-state index in [9.17, 15) is 22.4 Å². The number of aromatic nitrogens is 1. The highest BCUT2D eigenvalue weighted by Crippen LogP contribution is 2.22. The van der Waals surface area contributed by atoms with Gasteiger partial charge in [-0.05, 0) is 42.0 Å². The van der Waals surface area contributed by atoms with Crippen molar-refractivity contribution < 1.29 is 22.4 Å². The van der Waals surface area contributed by atoms with Crippen LogP contribution in [0.2, 0.25) is 0 Å². The summed E-state index contributed by atoms with van der Waals surface area (Å²) in [6.07, 6.45) is -3.13. The Labute approximate surface area is 123 Å². The minimum Gasteiger partial charge on any atom is -0.340 e. The van der Waals surface area contributed by atoms with Gasteiger partial charge in [-0.3, -0.25) is 4.79 Å². The highest BCUT2D eigenvalue weighted by atomic mass is 19.4. The average molecular weight is 310 g/mol. The second kappa shape index (κ2) is 6.38. The zero-order valence-electron chi connectivity index (χ0n) is 11.1. The van der Waals surface area contributed by atoms with E-state index in [2.05, 4.69) is 10.3 Å². The molecule has 0 aliphatic heterocycles. The van der Waals surface area contributed by atoms with Crippen molar-refractivity contribution in [2.75, 3.05) is 5.32 Å². The predicted molar refractivity (Wildman–Crippen MR) is 73.3 cm³/mol. The smallest absolute Gasteiger partial charge is 0.340 e. The van der Waals surface area contributed by atoms with Gasteiger partial charge in [0, 0.05) is 12.3 Å². The fourth-order valence-electron chi connectivity index (χ4n) is 1.61. The zero-order valence-corrected chi connectivity index (χ0v) is 11.1. The molecule has 0 fully saturated rings. The van der Waals surface area contributed by atoms with Crippen molar-refractivity contribution in [2.45, 2.75) is 6.18 Å². The van der Waals surface area contributed by atoms with Crippen molar-refractivity contribution >= 4 is 17.3 Å². The van der Waals surface area contributed by atoms with Crippen molar-refractivity contribution in [3.63, 3.8) is 0 Å². The standard InChI is InChI=1S/C15H10F4N2O/c16-11-6-4-10(5-7-11)12(9-13(22)15(17,18)19)21-14-3-1-2-8-20-14/h1-9H,(H,20,21)/b12-9-. The van der Waals surface area contributed by atoms with E-state index < -0.39 is 17.8 Å². The second-order valence-corrected chi connectivity index (χ2v) is 4.27. The number of hydrogen-bond acceptors (Lipinski definition) is 3. The summed E-state index contributed by atoms with van der Waals surface area (Å²) >= 11 is 0. The molecule has 2 rings (SSSR count). The van der Waals surface area contributed by atoms with Crippen molar-refractivity contribution in [1.29, 1.82) is 0 Å². The molecule has 0 saturated heterocycles. The number of nitrogens with zero attached hydrogens (tertiary/aromatic N) is 1. The first-order valence-electron chi connectivity index (χ1n) is 6.13. The summed E-state index contributed by atoms with van der Waals surface area (Å²) in [4.78, 5) is 15.1. The van der Waals surface area contributed by atoms with Crippen molar-refractivity contribution in [3.8, 4) is 0 Å². The van der Waals surface area contributed by atoms with Gasteiger partial charge >= 0.3 is 6.18 Å². The Balaban J connectivity index is 2.38. The molecule has 0 amide bonds. The number of anilines is 1. The van der Waals surface area contributed by atoms with E-state index in [1.165, 1.54) is 24.4 Å². The van der Waals surface area contributed by atoms with Gasteiger partial charge in [-0.25, -0.2) is 9.37 Å². The van der Waals surface area contributed by atoms with Crippen molar-refractivity contribution in [1.82, 2.24) is 4.98 Å². The Morgan fingerprint density at radius 1 is 1.09 bits per heavy atom. The van der Waals surface area contributed by atoms with Crippen LogP contribution in [-0.4, -0.2) is 16.9 Å². The summed E-state index contributed by atoms with van der Waals surface area (Å²) in [5, 5.41) is 2.62. The normalized spacial score (nSPS) is 12.1. The Morgan fingerprint density at radius 3 is 2.32 bits per heavy atom. The molecule has 1 heterocycles. The first-order chi connectivity index (χ1) is 10.4. The maximum Gasteiger partial charge on any atom is 0.454 e. The molecule has 1 aromatic carbocycles. The van der Waals surface area contributed by atoms with Crippen LogP contribution in [0.25, 0.3) is 5.70 Å². The quantitative estimate of drug-likeness (QED) is 0.690. The molecule has 0 atom stereocenters. The summed E-state index contributed by atoms with van der Waals surface area (Å²) in [6.45, 7) is 0. The fourth-order valence-corrected chi connectivity index (χ4v) is 1.61. The molecule has 3 nitrogen and oxygen atoms in total. The van der Waals surface area contributed by atoms with E-state index in [0.29, 0.717) is 6.08 Å². The maximum atomic E-state index is 12.9. The number of ketones is 1. The van der Waals surface area contributed by atoms with Crippen LogP contribution in [0.1, 0.15) is 5.56 Å². The Bertz CT molecular complexity index is 679. The molecule has 1 N–H and O–H groups in total. The molecule has 22 heavy (non-hydrogen) atoms. The summed E-state index contributed by atoms with van der Waals surface area (Å²) in [7, 11) is 0. The van der Waals surface area contributed by atoms with Crippen molar-refractivity contribution in [2.24, 2.45) is 0 Å². The SMILES string of the molecule is O=C(/C=C(\Nc1ccccn1)c1ccc(F)cc1)C(F)(F)F. The Morgan fingerprint density at radius 2 is 1.77 bits per heavy atom.